The van der Waals surface area contributed by atoms with Gasteiger partial charge in [-0.2, -0.15) is 5.10 Å². The maximum Gasteiger partial charge on any atom is 0.358 e. The number of carbonyl (C=O) groups is 1. The molecule has 1 aromatic heterocycles. The first kappa shape index (κ1) is 14.5. The van der Waals surface area contributed by atoms with Gasteiger partial charge in [0.15, 0.2) is 5.69 Å². The fraction of sp³-hybridized carbons (Fsp3) is 0.286. The van der Waals surface area contributed by atoms with Crippen molar-refractivity contribution in [3.05, 3.63) is 46.0 Å². The van der Waals surface area contributed by atoms with Crippen molar-refractivity contribution in [2.75, 3.05) is 0 Å². The zero-order valence-electron chi connectivity index (χ0n) is 11.3. The largest absolute Gasteiger partial charge is 0.476 e. The Kier molecular flexibility index (Phi) is 3.81. The van der Waals surface area contributed by atoms with Crippen LogP contribution in [-0.2, 0) is 0 Å². The van der Waals surface area contributed by atoms with Gasteiger partial charge in [-0.3, -0.25) is 0 Å². The monoisotopic (exact) mass is 296 g/mol. The Morgan fingerprint density at radius 3 is 2.60 bits per heavy atom. The average Bonchev–Trinajstić information content (AvgIpc) is 2.66. The molecule has 0 fully saturated rings. The molecule has 2 aromatic rings. The lowest BCUT2D eigenvalue weighted by Crippen LogP contribution is -2.06. The van der Waals surface area contributed by atoms with Gasteiger partial charge in [0.2, 0.25) is 0 Å². The van der Waals surface area contributed by atoms with Gasteiger partial charge in [-0.1, -0.05) is 25.4 Å². The number of hydrogen-bond donors (Lipinski definition) is 1. The molecular weight excluding hydrogens is 283 g/mol. The third-order valence-corrected chi connectivity index (χ3v) is 3.37. The molecule has 0 aliphatic carbocycles. The highest BCUT2D eigenvalue weighted by Gasteiger charge is 2.24. The molecule has 0 saturated carbocycles. The van der Waals surface area contributed by atoms with E-state index in [0.29, 0.717) is 16.9 Å². The molecule has 0 radical (unpaired) electrons. The van der Waals surface area contributed by atoms with Crippen LogP contribution in [0.2, 0.25) is 5.02 Å². The van der Waals surface area contributed by atoms with E-state index in [2.05, 4.69) is 5.10 Å². The van der Waals surface area contributed by atoms with Crippen molar-refractivity contribution < 1.29 is 14.3 Å². The van der Waals surface area contributed by atoms with Crippen LogP contribution in [0.4, 0.5) is 4.39 Å². The summed E-state index contributed by atoms with van der Waals surface area (Å²) < 4.78 is 14.7. The Morgan fingerprint density at radius 2 is 2.10 bits per heavy atom. The number of rotatable bonds is 3. The number of aryl methyl sites for hydroxylation is 1. The van der Waals surface area contributed by atoms with Gasteiger partial charge in [-0.25, -0.2) is 13.9 Å². The highest BCUT2D eigenvalue weighted by atomic mass is 35.5. The molecule has 0 spiro atoms. The lowest BCUT2D eigenvalue weighted by Gasteiger charge is -2.12. The molecule has 0 bridgehead atoms. The Balaban J connectivity index is 2.73. The highest BCUT2D eigenvalue weighted by Crippen LogP contribution is 2.31. The van der Waals surface area contributed by atoms with E-state index in [0.717, 1.165) is 0 Å². The van der Waals surface area contributed by atoms with E-state index in [1.54, 1.807) is 13.0 Å². The second-order valence-corrected chi connectivity index (χ2v) is 5.23. The standard InChI is InChI=1S/C14H14ClFN2O2/c1-7(2)13-11(15)12(14(19)20)17-18(13)10-5-4-9(16)6-8(10)3/h4-7H,1-3H3,(H,19,20). The highest BCUT2D eigenvalue weighted by molar-refractivity contribution is 6.34. The molecule has 6 heteroatoms. The fourth-order valence-corrected chi connectivity index (χ4v) is 2.50. The van der Waals surface area contributed by atoms with Gasteiger partial charge < -0.3 is 5.11 Å². The molecule has 0 amide bonds. The van der Waals surface area contributed by atoms with E-state index >= 15 is 0 Å². The van der Waals surface area contributed by atoms with Crippen molar-refractivity contribution in [2.24, 2.45) is 0 Å². The number of aromatic carboxylic acids is 1. The van der Waals surface area contributed by atoms with E-state index < -0.39 is 5.97 Å². The quantitative estimate of drug-likeness (QED) is 0.937. The first-order valence-electron chi connectivity index (χ1n) is 6.11. The second-order valence-electron chi connectivity index (χ2n) is 4.85. The van der Waals surface area contributed by atoms with Crippen LogP contribution in [0.25, 0.3) is 5.69 Å². The van der Waals surface area contributed by atoms with Gasteiger partial charge in [0.25, 0.3) is 0 Å². The summed E-state index contributed by atoms with van der Waals surface area (Å²) in [7, 11) is 0. The Labute approximate surface area is 120 Å². The summed E-state index contributed by atoms with van der Waals surface area (Å²) in [4.78, 5) is 11.2. The molecule has 4 nitrogen and oxygen atoms in total. The summed E-state index contributed by atoms with van der Waals surface area (Å²) in [5.41, 5.74) is 1.67. The van der Waals surface area contributed by atoms with Gasteiger partial charge in [-0.05, 0) is 36.6 Å². The zero-order chi connectivity index (χ0) is 15.0. The molecule has 106 valence electrons. The topological polar surface area (TPSA) is 55.1 Å². The van der Waals surface area contributed by atoms with E-state index in [4.69, 9.17) is 16.7 Å². The molecule has 0 aliphatic heterocycles. The number of carboxylic acids is 1. The third-order valence-electron chi connectivity index (χ3n) is 3.00. The zero-order valence-corrected chi connectivity index (χ0v) is 12.1. The number of carboxylic acid groups (broad SMARTS) is 1. The molecule has 0 unspecified atom stereocenters. The minimum Gasteiger partial charge on any atom is -0.476 e. The molecule has 1 aromatic carbocycles. The lowest BCUT2D eigenvalue weighted by atomic mass is 10.1. The number of nitrogens with zero attached hydrogens (tertiary/aromatic N) is 2. The van der Waals surface area contributed by atoms with Crippen LogP contribution in [0.1, 0.15) is 41.5 Å². The molecule has 1 N–H and O–H groups in total. The summed E-state index contributed by atoms with van der Waals surface area (Å²) in [6.45, 7) is 5.52. The van der Waals surface area contributed by atoms with Crippen LogP contribution in [0.15, 0.2) is 18.2 Å². The number of benzene rings is 1. The average molecular weight is 297 g/mol. The van der Waals surface area contributed by atoms with E-state index in [-0.39, 0.29) is 22.5 Å². The fourth-order valence-electron chi connectivity index (χ4n) is 2.09. The van der Waals surface area contributed by atoms with Crippen molar-refractivity contribution in [1.82, 2.24) is 9.78 Å². The molecule has 1 heterocycles. The maximum atomic E-state index is 13.2. The number of aromatic nitrogens is 2. The summed E-state index contributed by atoms with van der Waals surface area (Å²) in [6.07, 6.45) is 0. The molecule has 0 atom stereocenters. The van der Waals surface area contributed by atoms with Crippen LogP contribution in [0.3, 0.4) is 0 Å². The van der Waals surface area contributed by atoms with E-state index in [9.17, 15) is 9.18 Å². The summed E-state index contributed by atoms with van der Waals surface area (Å²) >= 11 is 6.11. The van der Waals surface area contributed by atoms with Crippen molar-refractivity contribution >= 4 is 17.6 Å². The predicted octanol–water partition coefficient (Wildman–Crippen LogP) is 3.79. The summed E-state index contributed by atoms with van der Waals surface area (Å²) in [5, 5.41) is 13.3. The smallest absolute Gasteiger partial charge is 0.358 e. The van der Waals surface area contributed by atoms with Crippen LogP contribution in [0, 0.1) is 12.7 Å². The van der Waals surface area contributed by atoms with Crippen LogP contribution >= 0.6 is 11.6 Å². The van der Waals surface area contributed by atoms with E-state index in [1.807, 2.05) is 13.8 Å². The first-order valence-corrected chi connectivity index (χ1v) is 6.49. The minimum absolute atomic E-state index is 0.0208. The molecule has 2 rings (SSSR count). The van der Waals surface area contributed by atoms with Gasteiger partial charge in [0.05, 0.1) is 16.4 Å². The third kappa shape index (κ3) is 2.41. The Hall–Kier alpha value is -1.88. The van der Waals surface area contributed by atoms with Crippen molar-refractivity contribution in [1.29, 1.82) is 0 Å². The summed E-state index contributed by atoms with van der Waals surface area (Å²) in [5.74, 6) is -1.56. The molecule has 0 aliphatic rings. The second kappa shape index (κ2) is 5.25. The summed E-state index contributed by atoms with van der Waals surface area (Å²) in [6, 6.07) is 4.24. The van der Waals surface area contributed by atoms with Gasteiger partial charge in [0.1, 0.15) is 5.82 Å². The van der Waals surface area contributed by atoms with Crippen molar-refractivity contribution in [2.45, 2.75) is 26.7 Å². The predicted molar refractivity (Wildman–Crippen MR) is 74.3 cm³/mol. The Bertz CT molecular complexity index is 680. The number of hydrogen-bond acceptors (Lipinski definition) is 2. The normalized spacial score (nSPS) is 11.1. The molecule has 0 saturated heterocycles. The lowest BCUT2D eigenvalue weighted by molar-refractivity contribution is 0.0690. The van der Waals surface area contributed by atoms with Crippen molar-refractivity contribution in [3.63, 3.8) is 0 Å². The number of halogens is 2. The van der Waals surface area contributed by atoms with Crippen LogP contribution in [-0.4, -0.2) is 20.9 Å². The van der Waals surface area contributed by atoms with Crippen LogP contribution < -0.4 is 0 Å². The maximum absolute atomic E-state index is 13.2. The van der Waals surface area contributed by atoms with Gasteiger partial charge in [0, 0.05) is 0 Å². The molecular formula is C14H14ClFN2O2. The minimum atomic E-state index is -1.18. The van der Waals surface area contributed by atoms with Gasteiger partial charge in [-0.15, -0.1) is 0 Å². The van der Waals surface area contributed by atoms with E-state index in [1.165, 1.54) is 16.8 Å². The van der Waals surface area contributed by atoms with Gasteiger partial charge >= 0.3 is 5.97 Å². The Morgan fingerprint density at radius 1 is 1.45 bits per heavy atom. The van der Waals surface area contributed by atoms with Crippen LogP contribution in [0.5, 0.6) is 0 Å². The molecule has 20 heavy (non-hydrogen) atoms. The SMILES string of the molecule is Cc1cc(F)ccc1-n1nc(C(=O)O)c(Cl)c1C(C)C. The first-order chi connectivity index (χ1) is 9.32. The van der Waals surface area contributed by atoms with Crippen molar-refractivity contribution in [3.8, 4) is 5.69 Å².